The van der Waals surface area contributed by atoms with Crippen LogP contribution in [0.15, 0.2) is 57.7 Å². The Kier molecular flexibility index (Phi) is 5.22. The van der Waals surface area contributed by atoms with Crippen molar-refractivity contribution in [2.75, 3.05) is 0 Å². The summed E-state index contributed by atoms with van der Waals surface area (Å²) in [5, 5.41) is 1.13. The van der Waals surface area contributed by atoms with Crippen LogP contribution in [-0.4, -0.2) is 15.0 Å². The number of fused-ring (bicyclic) bond motifs is 1. The number of hydrogen-bond donors (Lipinski definition) is 0. The Morgan fingerprint density at radius 2 is 1.91 bits per heavy atom. The van der Waals surface area contributed by atoms with Crippen LogP contribution in [0.2, 0.25) is 5.02 Å². The predicted molar refractivity (Wildman–Crippen MR) is 97.6 cm³/mol. The molecule has 0 fully saturated rings. The molecule has 2 aromatic carbocycles. The van der Waals surface area contributed by atoms with E-state index in [9.17, 15) is 4.79 Å². The van der Waals surface area contributed by atoms with Gasteiger partial charge >= 0.3 is 147 Å². The molecule has 3 aromatic rings. The van der Waals surface area contributed by atoms with Crippen molar-refractivity contribution < 1.29 is 4.42 Å². The Hall–Kier alpha value is -1.54. The van der Waals surface area contributed by atoms with E-state index in [1.54, 1.807) is 18.2 Å². The quantitative estimate of drug-likeness (QED) is 0.624. The van der Waals surface area contributed by atoms with Gasteiger partial charge in [-0.15, -0.1) is 0 Å². The second-order valence-corrected chi connectivity index (χ2v) is 8.05. The Bertz CT molecular complexity index is 872. The van der Waals surface area contributed by atoms with Gasteiger partial charge in [0.25, 0.3) is 0 Å². The minimum absolute atomic E-state index is 0.0590. The van der Waals surface area contributed by atoms with Crippen molar-refractivity contribution in [3.05, 3.63) is 69.5 Å². The van der Waals surface area contributed by atoms with Crippen LogP contribution in [0.4, 0.5) is 0 Å². The third-order valence-electron chi connectivity index (χ3n) is 3.60. The van der Waals surface area contributed by atoms with Crippen LogP contribution >= 0.6 is 11.6 Å². The summed E-state index contributed by atoms with van der Waals surface area (Å²) in [5.74, 6) is 0.829. The summed E-state index contributed by atoms with van der Waals surface area (Å²) in [6, 6.07) is 15.4. The first kappa shape index (κ1) is 16.3. The fourth-order valence-corrected chi connectivity index (χ4v) is 4.66. The molecule has 23 heavy (non-hydrogen) atoms. The molecule has 0 bridgehead atoms. The number of hydrogen-bond acceptors (Lipinski definition) is 2. The summed E-state index contributed by atoms with van der Waals surface area (Å²) >= 11 is 5.98. The molecule has 1 aromatic heterocycles. The van der Waals surface area contributed by atoms with E-state index in [0.29, 0.717) is 16.0 Å². The summed E-state index contributed by atoms with van der Waals surface area (Å²) in [6.45, 7) is 2.14. The molecule has 0 N–H and O–H groups in total. The van der Waals surface area contributed by atoms with E-state index in [0.717, 1.165) is 29.5 Å². The van der Waals surface area contributed by atoms with Crippen LogP contribution in [0.3, 0.4) is 0 Å². The fourth-order valence-electron chi connectivity index (χ4n) is 2.41. The Morgan fingerprint density at radius 3 is 2.65 bits per heavy atom. The molecule has 0 saturated heterocycles. The number of unbranched alkanes of at least 4 members (excludes halogenated alkanes) is 1. The average Bonchev–Trinajstić information content (AvgIpc) is 2.57. The van der Waals surface area contributed by atoms with Gasteiger partial charge in [0, 0.05) is 0 Å². The van der Waals surface area contributed by atoms with Gasteiger partial charge in [-0.3, -0.25) is 0 Å². The van der Waals surface area contributed by atoms with E-state index in [4.69, 9.17) is 16.0 Å². The van der Waals surface area contributed by atoms with E-state index in [1.807, 2.05) is 18.2 Å². The van der Waals surface area contributed by atoms with Crippen molar-refractivity contribution in [1.29, 1.82) is 0 Å². The van der Waals surface area contributed by atoms with E-state index in [2.05, 4.69) is 19.1 Å². The second-order valence-electron chi connectivity index (χ2n) is 5.34. The molecule has 0 radical (unpaired) electrons. The van der Waals surface area contributed by atoms with Crippen LogP contribution in [0.5, 0.6) is 0 Å². The van der Waals surface area contributed by atoms with Gasteiger partial charge in [0.1, 0.15) is 0 Å². The maximum atomic E-state index is 13.0. The summed E-state index contributed by atoms with van der Waals surface area (Å²) in [6.07, 6.45) is 2.88. The zero-order valence-corrected chi connectivity index (χ0v) is 15.3. The Morgan fingerprint density at radius 1 is 1.13 bits per heavy atom. The SMILES string of the molecule is CCCCc1oc2ccc(Cl)cc2c(=O)c1[Se]c1ccccc1. The third-order valence-corrected chi connectivity index (χ3v) is 6.19. The molecule has 0 aliphatic heterocycles. The third kappa shape index (κ3) is 3.69. The Balaban J connectivity index is 2.15. The van der Waals surface area contributed by atoms with Crippen molar-refractivity contribution >= 4 is 46.5 Å². The van der Waals surface area contributed by atoms with E-state index >= 15 is 0 Å². The zero-order chi connectivity index (χ0) is 16.2. The first-order valence-corrected chi connectivity index (χ1v) is 9.76. The molecule has 4 heteroatoms. The van der Waals surface area contributed by atoms with Crippen LogP contribution in [0.25, 0.3) is 11.0 Å². The van der Waals surface area contributed by atoms with Crippen molar-refractivity contribution in [2.45, 2.75) is 26.2 Å². The Labute approximate surface area is 146 Å². The summed E-state index contributed by atoms with van der Waals surface area (Å²) < 4.78 is 8.04. The zero-order valence-electron chi connectivity index (χ0n) is 12.8. The normalized spacial score (nSPS) is 11.0. The van der Waals surface area contributed by atoms with Crippen LogP contribution in [0, 0.1) is 0 Å². The number of aryl methyl sites for hydroxylation is 1. The van der Waals surface area contributed by atoms with E-state index in [1.165, 1.54) is 4.46 Å². The van der Waals surface area contributed by atoms with Crippen LogP contribution < -0.4 is 14.4 Å². The molecule has 3 rings (SSSR count). The van der Waals surface area contributed by atoms with Gasteiger partial charge in [-0.2, -0.15) is 0 Å². The van der Waals surface area contributed by atoms with Crippen LogP contribution in [0.1, 0.15) is 25.5 Å². The van der Waals surface area contributed by atoms with Crippen molar-refractivity contribution in [3.8, 4) is 0 Å². The molecule has 118 valence electrons. The topological polar surface area (TPSA) is 30.2 Å². The summed E-state index contributed by atoms with van der Waals surface area (Å²) in [7, 11) is 0. The van der Waals surface area contributed by atoms with Crippen LogP contribution in [-0.2, 0) is 6.42 Å². The van der Waals surface area contributed by atoms with Crippen molar-refractivity contribution in [1.82, 2.24) is 0 Å². The average molecular weight is 392 g/mol. The molecular weight excluding hydrogens is 375 g/mol. The molecule has 2 nitrogen and oxygen atoms in total. The van der Waals surface area contributed by atoms with Gasteiger partial charge in [-0.25, -0.2) is 0 Å². The van der Waals surface area contributed by atoms with Crippen molar-refractivity contribution in [3.63, 3.8) is 0 Å². The van der Waals surface area contributed by atoms with Gasteiger partial charge in [0.2, 0.25) is 0 Å². The standard InChI is InChI=1S/C19H17ClO2Se/c1-2-3-9-17-19(23-14-7-5-4-6-8-14)18(21)15-12-13(20)10-11-16(15)22-17/h4-8,10-12H,2-3,9H2,1H3. The first-order chi connectivity index (χ1) is 11.2. The molecule has 0 aliphatic rings. The van der Waals surface area contributed by atoms with Gasteiger partial charge in [-0.05, 0) is 0 Å². The molecule has 1 heterocycles. The second kappa shape index (κ2) is 7.35. The molecule has 0 unspecified atom stereocenters. The van der Waals surface area contributed by atoms with Gasteiger partial charge in [0.15, 0.2) is 0 Å². The number of benzene rings is 2. The fraction of sp³-hybridized carbons (Fsp3) is 0.211. The minimum atomic E-state index is -0.0680. The van der Waals surface area contributed by atoms with Gasteiger partial charge in [0.05, 0.1) is 0 Å². The molecule has 0 amide bonds. The van der Waals surface area contributed by atoms with E-state index < -0.39 is 0 Å². The van der Waals surface area contributed by atoms with Gasteiger partial charge < -0.3 is 0 Å². The molecule has 0 atom stereocenters. The predicted octanol–water partition coefficient (Wildman–Crippen LogP) is 3.44. The monoisotopic (exact) mass is 392 g/mol. The molecule has 0 saturated carbocycles. The molecule has 0 aliphatic carbocycles. The summed E-state index contributed by atoms with van der Waals surface area (Å²) in [5.41, 5.74) is 0.682. The molecular formula is C19H17ClO2Se. The van der Waals surface area contributed by atoms with Gasteiger partial charge in [-0.1, -0.05) is 0 Å². The first-order valence-electron chi connectivity index (χ1n) is 7.67. The number of halogens is 1. The maximum absolute atomic E-state index is 13.0. The van der Waals surface area contributed by atoms with E-state index in [-0.39, 0.29) is 20.4 Å². The van der Waals surface area contributed by atoms with Crippen molar-refractivity contribution in [2.24, 2.45) is 0 Å². The summed E-state index contributed by atoms with van der Waals surface area (Å²) in [4.78, 5) is 13.0. The number of rotatable bonds is 5. The molecule has 0 spiro atoms.